The van der Waals surface area contributed by atoms with Crippen LogP contribution in [0.4, 0.5) is 23.7 Å². The van der Waals surface area contributed by atoms with E-state index in [0.29, 0.717) is 19.9 Å². The molecular weight excluding hydrogens is 625 g/mol. The minimum absolute atomic E-state index is 0.0346. The highest BCUT2D eigenvalue weighted by molar-refractivity contribution is 9.11. The van der Waals surface area contributed by atoms with Crippen molar-refractivity contribution in [3.05, 3.63) is 97.9 Å². The molecule has 0 aliphatic carbocycles. The third-order valence-corrected chi connectivity index (χ3v) is 6.12. The van der Waals surface area contributed by atoms with E-state index in [1.807, 2.05) is 5.32 Å². The van der Waals surface area contributed by atoms with E-state index in [0.717, 1.165) is 24.3 Å². The summed E-state index contributed by atoms with van der Waals surface area (Å²) in [6.45, 7) is 0. The number of nitrogens with zero attached hydrogens (tertiary/aromatic N) is 1. The number of barbiturate groups is 1. The van der Waals surface area contributed by atoms with Crippen molar-refractivity contribution in [3.63, 3.8) is 0 Å². The summed E-state index contributed by atoms with van der Waals surface area (Å²) in [6, 6.07) is 13.4. The fourth-order valence-electron chi connectivity index (χ4n) is 3.39. The second-order valence-electron chi connectivity index (χ2n) is 7.57. The van der Waals surface area contributed by atoms with Crippen LogP contribution in [0.5, 0.6) is 5.75 Å². The van der Waals surface area contributed by atoms with Gasteiger partial charge in [-0.3, -0.25) is 14.9 Å². The lowest BCUT2D eigenvalue weighted by atomic mass is 10.1. The van der Waals surface area contributed by atoms with Crippen LogP contribution in [0.1, 0.15) is 21.5 Å². The van der Waals surface area contributed by atoms with E-state index < -0.39 is 41.1 Å². The molecule has 3 aromatic rings. The molecule has 1 aliphatic rings. The van der Waals surface area contributed by atoms with Crippen molar-refractivity contribution in [1.29, 1.82) is 0 Å². The molecule has 0 atom stereocenters. The average Bonchev–Trinajstić information content (AvgIpc) is 2.83. The molecule has 1 saturated heterocycles. The smallest absolute Gasteiger partial charge is 0.416 e. The first-order valence-electron chi connectivity index (χ1n) is 10.3. The number of ether oxygens (including phenoxy) is 1. The van der Waals surface area contributed by atoms with Gasteiger partial charge in [0.1, 0.15) is 5.57 Å². The molecule has 3 aromatic carbocycles. The number of hydrogen-bond donors (Lipinski definition) is 1. The number of alkyl halides is 3. The summed E-state index contributed by atoms with van der Waals surface area (Å²) in [7, 11) is 0. The minimum atomic E-state index is -4.72. The number of hydrogen-bond acceptors (Lipinski definition) is 5. The first-order valence-corrected chi connectivity index (χ1v) is 11.9. The number of benzene rings is 3. The Kier molecular flexibility index (Phi) is 7.32. The van der Waals surface area contributed by atoms with E-state index in [-0.39, 0.29) is 22.6 Å². The van der Waals surface area contributed by atoms with Crippen molar-refractivity contribution in [2.24, 2.45) is 0 Å². The number of esters is 1. The van der Waals surface area contributed by atoms with Gasteiger partial charge in [-0.25, -0.2) is 14.5 Å². The van der Waals surface area contributed by atoms with Crippen LogP contribution in [0.2, 0.25) is 0 Å². The molecule has 4 rings (SSSR count). The molecule has 37 heavy (non-hydrogen) atoms. The van der Waals surface area contributed by atoms with Crippen molar-refractivity contribution < 1.29 is 37.1 Å². The number of carbonyl (C=O) groups excluding carboxylic acids is 4. The van der Waals surface area contributed by atoms with Crippen molar-refractivity contribution >= 4 is 67.4 Å². The van der Waals surface area contributed by atoms with Gasteiger partial charge in [-0.1, -0.05) is 40.2 Å². The largest absolute Gasteiger partial charge is 0.421 e. The molecule has 1 fully saturated rings. The number of amides is 4. The van der Waals surface area contributed by atoms with Gasteiger partial charge in [-0.05, 0) is 64.5 Å². The van der Waals surface area contributed by atoms with E-state index >= 15 is 0 Å². The summed E-state index contributed by atoms with van der Waals surface area (Å²) < 4.78 is 45.8. The Hall–Kier alpha value is -3.77. The van der Waals surface area contributed by atoms with Gasteiger partial charge in [-0.15, -0.1) is 0 Å². The zero-order valence-electron chi connectivity index (χ0n) is 18.3. The zero-order valence-corrected chi connectivity index (χ0v) is 21.5. The van der Waals surface area contributed by atoms with E-state index in [1.54, 1.807) is 24.3 Å². The third kappa shape index (κ3) is 5.65. The molecular formula is C25H13Br2F3N2O5. The maximum atomic E-state index is 13.2. The van der Waals surface area contributed by atoms with Crippen LogP contribution >= 0.6 is 31.9 Å². The maximum Gasteiger partial charge on any atom is 0.416 e. The summed E-state index contributed by atoms with van der Waals surface area (Å²) in [5.74, 6) is -2.99. The highest BCUT2D eigenvalue weighted by Crippen LogP contribution is 2.36. The fraction of sp³-hybridized carbons (Fsp3) is 0.0400. The molecule has 0 unspecified atom stereocenters. The first-order chi connectivity index (χ1) is 17.5. The van der Waals surface area contributed by atoms with Crippen LogP contribution in [-0.2, 0) is 15.8 Å². The van der Waals surface area contributed by atoms with Crippen LogP contribution in [0.3, 0.4) is 0 Å². The van der Waals surface area contributed by atoms with Gasteiger partial charge in [0, 0.05) is 10.0 Å². The molecule has 1 N–H and O–H groups in total. The summed E-state index contributed by atoms with van der Waals surface area (Å²) >= 11 is 6.57. The normalized spacial score (nSPS) is 15.1. The topological polar surface area (TPSA) is 92.8 Å². The lowest BCUT2D eigenvalue weighted by Gasteiger charge is -2.27. The van der Waals surface area contributed by atoms with Crippen LogP contribution in [-0.4, -0.2) is 23.8 Å². The van der Waals surface area contributed by atoms with Crippen molar-refractivity contribution in [1.82, 2.24) is 5.32 Å². The van der Waals surface area contributed by atoms with Crippen LogP contribution < -0.4 is 15.0 Å². The summed E-state index contributed by atoms with van der Waals surface area (Å²) in [6.07, 6.45) is -3.65. The van der Waals surface area contributed by atoms with Crippen molar-refractivity contribution in [3.8, 4) is 5.75 Å². The van der Waals surface area contributed by atoms with Gasteiger partial charge in [0.15, 0.2) is 5.75 Å². The predicted molar refractivity (Wildman–Crippen MR) is 134 cm³/mol. The molecule has 1 heterocycles. The molecule has 0 spiro atoms. The van der Waals surface area contributed by atoms with Gasteiger partial charge >= 0.3 is 18.2 Å². The highest BCUT2D eigenvalue weighted by Gasteiger charge is 2.38. The molecule has 1 aliphatic heterocycles. The SMILES string of the molecule is O=C1NC(=O)N(c2cccc(C(F)(F)F)c2)C(=O)/C1=C\c1cc(Br)cc(Br)c1OC(=O)c1ccccc1. The van der Waals surface area contributed by atoms with E-state index in [9.17, 15) is 32.3 Å². The minimum Gasteiger partial charge on any atom is -0.421 e. The fourth-order valence-corrected chi connectivity index (χ4v) is 4.73. The number of halogens is 5. The third-order valence-electron chi connectivity index (χ3n) is 5.07. The Labute approximate surface area is 224 Å². The molecule has 12 heteroatoms. The van der Waals surface area contributed by atoms with Crippen molar-refractivity contribution in [2.45, 2.75) is 6.18 Å². The zero-order chi connectivity index (χ0) is 26.9. The Balaban J connectivity index is 1.76. The summed E-state index contributed by atoms with van der Waals surface area (Å²) in [5.41, 5.74) is -1.70. The monoisotopic (exact) mass is 636 g/mol. The standard InChI is InChI=1S/C25H13Br2F3N2O5/c26-16-9-14(20(19(27)12-16)37-23(35)13-5-2-1-3-6-13)10-18-21(33)31-24(36)32(22(18)34)17-8-4-7-15(11-17)25(28,29)30/h1-12H,(H,31,33,36)/b18-10-. The predicted octanol–water partition coefficient (Wildman–Crippen LogP) is 6.12. The number of rotatable bonds is 4. The Morgan fingerprint density at radius 3 is 2.32 bits per heavy atom. The van der Waals surface area contributed by atoms with Crippen molar-refractivity contribution in [2.75, 3.05) is 4.90 Å². The molecule has 7 nitrogen and oxygen atoms in total. The Morgan fingerprint density at radius 2 is 1.65 bits per heavy atom. The van der Waals surface area contributed by atoms with Gasteiger partial charge in [0.25, 0.3) is 11.8 Å². The number of anilines is 1. The van der Waals surface area contributed by atoms with Crippen LogP contribution in [0, 0.1) is 0 Å². The molecule has 188 valence electrons. The van der Waals surface area contributed by atoms with Crippen LogP contribution in [0.25, 0.3) is 6.08 Å². The lowest BCUT2D eigenvalue weighted by molar-refractivity contribution is -0.137. The van der Waals surface area contributed by atoms with E-state index in [2.05, 4.69) is 31.9 Å². The molecule has 0 radical (unpaired) electrons. The average molecular weight is 638 g/mol. The summed E-state index contributed by atoms with van der Waals surface area (Å²) in [5, 5.41) is 1.95. The molecule has 0 saturated carbocycles. The molecule has 0 aromatic heterocycles. The van der Waals surface area contributed by atoms with E-state index in [4.69, 9.17) is 4.74 Å². The maximum absolute atomic E-state index is 13.2. The second kappa shape index (κ2) is 10.3. The van der Waals surface area contributed by atoms with Gasteiger partial charge in [-0.2, -0.15) is 13.2 Å². The van der Waals surface area contributed by atoms with Gasteiger partial charge < -0.3 is 4.74 Å². The second-order valence-corrected chi connectivity index (χ2v) is 9.34. The van der Waals surface area contributed by atoms with Gasteiger partial charge in [0.2, 0.25) is 0 Å². The molecule has 4 amide bonds. The number of nitrogens with one attached hydrogen (secondary N) is 1. The van der Waals surface area contributed by atoms with Crippen LogP contribution in [0.15, 0.2) is 81.2 Å². The Bertz CT molecular complexity index is 1470. The van der Waals surface area contributed by atoms with Gasteiger partial charge in [0.05, 0.1) is 21.3 Å². The highest BCUT2D eigenvalue weighted by atomic mass is 79.9. The first kappa shape index (κ1) is 26.3. The van der Waals surface area contributed by atoms with E-state index in [1.165, 1.54) is 18.2 Å². The lowest BCUT2D eigenvalue weighted by Crippen LogP contribution is -2.54. The number of imide groups is 2. The number of urea groups is 1. The Morgan fingerprint density at radius 1 is 0.946 bits per heavy atom. The number of carbonyl (C=O) groups is 4. The molecule has 0 bridgehead atoms. The quantitative estimate of drug-likeness (QED) is 0.161. The summed E-state index contributed by atoms with van der Waals surface area (Å²) in [4.78, 5) is 51.3.